The van der Waals surface area contributed by atoms with Crippen molar-refractivity contribution in [3.8, 4) is 11.5 Å². The van der Waals surface area contributed by atoms with Crippen molar-refractivity contribution in [2.24, 2.45) is 0 Å². The van der Waals surface area contributed by atoms with Gasteiger partial charge in [-0.3, -0.25) is 9.59 Å². The molecule has 0 atom stereocenters. The number of amides is 2. The molecule has 3 rings (SSSR count). The highest BCUT2D eigenvalue weighted by Gasteiger charge is 2.17. The number of carbonyl (C=O) groups is 2. The summed E-state index contributed by atoms with van der Waals surface area (Å²) in [5.74, 6) is -1.08. The van der Waals surface area contributed by atoms with Gasteiger partial charge in [-0.25, -0.2) is 0 Å². The first-order valence-electron chi connectivity index (χ1n) is 8.62. The minimum Gasteiger partial charge on any atom is -0.505 e. The fraction of sp³-hybridized carbons (Fsp3) is 0.0476. The van der Waals surface area contributed by atoms with E-state index in [1.807, 2.05) is 0 Å². The van der Waals surface area contributed by atoms with Crippen LogP contribution in [-0.4, -0.2) is 24.0 Å². The summed E-state index contributed by atoms with van der Waals surface area (Å²) in [5, 5.41) is 15.6. The number of benzene rings is 3. The summed E-state index contributed by atoms with van der Waals surface area (Å²) in [6, 6.07) is 11.7. The second kappa shape index (κ2) is 9.66. The molecule has 0 radical (unpaired) electrons. The predicted octanol–water partition coefficient (Wildman–Crippen LogP) is 6.52. The standard InChI is InChI=1S/C21H14Cl4N2O4/c1-31-18-3-2-10(20(29)26-14-8-16(24)19(28)17(25)9-14)4-15(18)21(30)27-13-6-11(22)5-12(23)7-13/h2-9,28H,1H3,(H,26,29)(H,27,30). The maximum absolute atomic E-state index is 12.8. The largest absolute Gasteiger partial charge is 0.505 e. The van der Waals surface area contributed by atoms with Crippen LogP contribution in [0.15, 0.2) is 48.5 Å². The van der Waals surface area contributed by atoms with E-state index >= 15 is 0 Å². The fourth-order valence-corrected chi connectivity index (χ4v) is 3.71. The van der Waals surface area contributed by atoms with Gasteiger partial charge in [-0.2, -0.15) is 0 Å². The number of hydrogen-bond donors (Lipinski definition) is 3. The molecule has 0 aliphatic heterocycles. The maximum atomic E-state index is 12.8. The third-order valence-corrected chi connectivity index (χ3v) is 5.11. The van der Waals surface area contributed by atoms with Gasteiger partial charge < -0.3 is 20.5 Å². The molecule has 0 bridgehead atoms. The normalized spacial score (nSPS) is 10.5. The third kappa shape index (κ3) is 5.54. The molecule has 0 fully saturated rings. The topological polar surface area (TPSA) is 87.7 Å². The van der Waals surface area contributed by atoms with E-state index in [9.17, 15) is 14.7 Å². The van der Waals surface area contributed by atoms with Crippen LogP contribution in [0.25, 0.3) is 0 Å². The van der Waals surface area contributed by atoms with Gasteiger partial charge in [0.25, 0.3) is 11.8 Å². The van der Waals surface area contributed by atoms with Gasteiger partial charge in [-0.1, -0.05) is 46.4 Å². The zero-order valence-corrected chi connectivity index (χ0v) is 18.8. The SMILES string of the molecule is COc1ccc(C(=O)Nc2cc(Cl)c(O)c(Cl)c2)cc1C(=O)Nc1cc(Cl)cc(Cl)c1. The van der Waals surface area contributed by atoms with Gasteiger partial charge in [0.1, 0.15) is 5.75 Å². The molecule has 2 amide bonds. The molecule has 3 N–H and O–H groups in total. The Hall–Kier alpha value is -2.64. The van der Waals surface area contributed by atoms with E-state index in [2.05, 4.69) is 10.6 Å². The number of hydrogen-bond acceptors (Lipinski definition) is 4. The molecule has 10 heteroatoms. The summed E-state index contributed by atoms with van der Waals surface area (Å²) in [4.78, 5) is 25.5. The van der Waals surface area contributed by atoms with Gasteiger partial charge in [0.05, 0.1) is 22.7 Å². The fourth-order valence-electron chi connectivity index (χ4n) is 2.69. The van der Waals surface area contributed by atoms with Crippen LogP contribution in [0, 0.1) is 0 Å². The smallest absolute Gasteiger partial charge is 0.259 e. The monoisotopic (exact) mass is 498 g/mol. The highest BCUT2D eigenvalue weighted by Crippen LogP contribution is 2.35. The summed E-state index contributed by atoms with van der Waals surface area (Å²) in [7, 11) is 1.41. The van der Waals surface area contributed by atoms with Gasteiger partial charge in [-0.05, 0) is 48.5 Å². The first kappa shape index (κ1) is 23.0. The van der Waals surface area contributed by atoms with Crippen LogP contribution in [0.3, 0.4) is 0 Å². The Morgan fingerprint density at radius 2 is 1.35 bits per heavy atom. The van der Waals surface area contributed by atoms with Crippen molar-refractivity contribution in [3.05, 3.63) is 79.7 Å². The van der Waals surface area contributed by atoms with E-state index in [1.54, 1.807) is 0 Å². The number of nitrogens with one attached hydrogen (secondary N) is 2. The summed E-state index contributed by atoms with van der Waals surface area (Å²) < 4.78 is 5.24. The van der Waals surface area contributed by atoms with E-state index in [0.29, 0.717) is 15.7 Å². The molecule has 0 unspecified atom stereocenters. The van der Waals surface area contributed by atoms with E-state index in [-0.39, 0.29) is 38.4 Å². The molecule has 0 saturated heterocycles. The quantitative estimate of drug-likeness (QED) is 0.349. The number of anilines is 2. The molecule has 3 aromatic carbocycles. The van der Waals surface area contributed by atoms with Crippen molar-refractivity contribution in [3.63, 3.8) is 0 Å². The first-order valence-corrected chi connectivity index (χ1v) is 10.1. The molecular formula is C21H14Cl4N2O4. The van der Waals surface area contributed by atoms with Gasteiger partial charge in [0.2, 0.25) is 0 Å². The predicted molar refractivity (Wildman–Crippen MR) is 123 cm³/mol. The number of halogens is 4. The number of aromatic hydroxyl groups is 1. The van der Waals surface area contributed by atoms with E-state index in [4.69, 9.17) is 51.1 Å². The van der Waals surface area contributed by atoms with Gasteiger partial charge in [0, 0.05) is 27.0 Å². The Labute approximate surface area is 197 Å². The lowest BCUT2D eigenvalue weighted by Crippen LogP contribution is -2.16. The van der Waals surface area contributed by atoms with Gasteiger partial charge >= 0.3 is 0 Å². The van der Waals surface area contributed by atoms with Crippen LogP contribution < -0.4 is 15.4 Å². The van der Waals surface area contributed by atoms with Crippen molar-refractivity contribution in [1.29, 1.82) is 0 Å². The zero-order chi connectivity index (χ0) is 22.7. The number of ether oxygens (including phenoxy) is 1. The molecule has 160 valence electrons. The second-order valence-electron chi connectivity index (χ2n) is 6.27. The molecule has 0 spiro atoms. The van der Waals surface area contributed by atoms with Gasteiger partial charge in [-0.15, -0.1) is 0 Å². The molecule has 0 aromatic heterocycles. The molecule has 0 aliphatic carbocycles. The molecule has 0 heterocycles. The lowest BCUT2D eigenvalue weighted by Gasteiger charge is -2.12. The minimum atomic E-state index is -0.527. The van der Waals surface area contributed by atoms with Crippen molar-refractivity contribution < 1.29 is 19.4 Å². The summed E-state index contributed by atoms with van der Waals surface area (Å²) in [6.45, 7) is 0. The number of phenolic OH excluding ortho intramolecular Hbond substituents is 1. The van der Waals surface area contributed by atoms with Crippen LogP contribution >= 0.6 is 46.4 Å². The Kier molecular flexibility index (Phi) is 7.18. The summed E-state index contributed by atoms with van der Waals surface area (Å²) in [6.07, 6.45) is 0. The number of rotatable bonds is 5. The maximum Gasteiger partial charge on any atom is 0.259 e. The molecular weight excluding hydrogens is 486 g/mol. The molecule has 6 nitrogen and oxygen atoms in total. The van der Waals surface area contributed by atoms with Crippen molar-refractivity contribution in [1.82, 2.24) is 0 Å². The average Bonchev–Trinajstić information content (AvgIpc) is 2.70. The van der Waals surface area contributed by atoms with Crippen LogP contribution in [0.5, 0.6) is 11.5 Å². The van der Waals surface area contributed by atoms with Crippen molar-refractivity contribution >= 4 is 69.6 Å². The number of methoxy groups -OCH3 is 1. The highest BCUT2D eigenvalue weighted by atomic mass is 35.5. The van der Waals surface area contributed by atoms with Crippen molar-refractivity contribution in [2.75, 3.05) is 17.7 Å². The Morgan fingerprint density at radius 3 is 1.94 bits per heavy atom. The van der Waals surface area contributed by atoms with Crippen LogP contribution in [-0.2, 0) is 0 Å². The highest BCUT2D eigenvalue weighted by molar-refractivity contribution is 6.37. The summed E-state index contributed by atoms with van der Waals surface area (Å²) in [5.41, 5.74) is 0.949. The van der Waals surface area contributed by atoms with Crippen LogP contribution in [0.1, 0.15) is 20.7 Å². The van der Waals surface area contributed by atoms with E-state index < -0.39 is 11.8 Å². The molecule has 3 aromatic rings. The Bertz CT molecular complexity index is 1140. The second-order valence-corrected chi connectivity index (χ2v) is 7.96. The zero-order valence-electron chi connectivity index (χ0n) is 15.8. The van der Waals surface area contributed by atoms with Crippen molar-refractivity contribution in [2.45, 2.75) is 0 Å². The van der Waals surface area contributed by atoms with Gasteiger partial charge in [0.15, 0.2) is 5.75 Å². The minimum absolute atomic E-state index is 0.0159. The van der Waals surface area contributed by atoms with Crippen LogP contribution in [0.2, 0.25) is 20.1 Å². The van der Waals surface area contributed by atoms with E-state index in [0.717, 1.165) is 0 Å². The van der Waals surface area contributed by atoms with E-state index in [1.165, 1.54) is 55.6 Å². The summed E-state index contributed by atoms with van der Waals surface area (Å²) >= 11 is 23.7. The molecule has 0 saturated carbocycles. The first-order chi connectivity index (χ1) is 14.7. The molecule has 0 aliphatic rings. The lowest BCUT2D eigenvalue weighted by atomic mass is 10.1. The molecule has 31 heavy (non-hydrogen) atoms. The van der Waals surface area contributed by atoms with Crippen LogP contribution in [0.4, 0.5) is 11.4 Å². The Morgan fingerprint density at radius 1 is 0.806 bits per heavy atom. The Balaban J connectivity index is 1.87. The number of phenols is 1. The lowest BCUT2D eigenvalue weighted by molar-refractivity contribution is 0.102. The third-order valence-electron chi connectivity index (χ3n) is 4.10. The number of carbonyl (C=O) groups excluding carboxylic acids is 2. The average molecular weight is 500 g/mol.